The van der Waals surface area contributed by atoms with Gasteiger partial charge in [-0.3, -0.25) is 5.01 Å². The van der Waals surface area contributed by atoms with Gasteiger partial charge in [0, 0.05) is 24.7 Å². The minimum absolute atomic E-state index is 0.256. The number of aromatic carboxylic acids is 1. The van der Waals surface area contributed by atoms with E-state index < -0.39 is 5.97 Å². The van der Waals surface area contributed by atoms with E-state index in [0.717, 1.165) is 29.8 Å². The third-order valence-corrected chi connectivity index (χ3v) is 3.70. The lowest BCUT2D eigenvalue weighted by Gasteiger charge is -2.19. The zero-order valence-corrected chi connectivity index (χ0v) is 11.9. The van der Waals surface area contributed by atoms with E-state index in [0.29, 0.717) is 5.02 Å². The molecular weight excluding hydrogens is 288 g/mol. The molecule has 0 radical (unpaired) electrons. The fourth-order valence-electron chi connectivity index (χ4n) is 2.37. The van der Waals surface area contributed by atoms with Crippen LogP contribution in [-0.2, 0) is 0 Å². The second-order valence-corrected chi connectivity index (χ2v) is 5.13. The molecule has 0 spiro atoms. The zero-order chi connectivity index (χ0) is 14.8. The Kier molecular flexibility index (Phi) is 3.62. The van der Waals surface area contributed by atoms with Crippen LogP contribution in [0.2, 0.25) is 5.02 Å². The highest BCUT2D eigenvalue weighted by molar-refractivity contribution is 6.34. The molecule has 2 aromatic carbocycles. The number of hydrazone groups is 1. The van der Waals surface area contributed by atoms with Crippen LogP contribution in [0.4, 0.5) is 5.69 Å². The summed E-state index contributed by atoms with van der Waals surface area (Å²) in [7, 11) is 0. The molecule has 1 aliphatic rings. The molecule has 0 atom stereocenters. The maximum atomic E-state index is 10.9. The van der Waals surface area contributed by atoms with Crippen molar-refractivity contribution in [3.63, 3.8) is 0 Å². The van der Waals surface area contributed by atoms with Gasteiger partial charge in [-0.15, -0.1) is 0 Å². The number of halogens is 1. The molecular formula is C16H13ClN2O2. The molecule has 0 aliphatic carbocycles. The summed E-state index contributed by atoms with van der Waals surface area (Å²) in [5, 5.41) is 15.8. The number of carboxylic acids is 1. The van der Waals surface area contributed by atoms with E-state index in [9.17, 15) is 4.79 Å². The van der Waals surface area contributed by atoms with E-state index in [-0.39, 0.29) is 5.56 Å². The van der Waals surface area contributed by atoms with Gasteiger partial charge in [-0.1, -0.05) is 29.8 Å². The number of carboxylic acid groups (broad SMARTS) is 1. The molecule has 21 heavy (non-hydrogen) atoms. The quantitative estimate of drug-likeness (QED) is 0.935. The van der Waals surface area contributed by atoms with E-state index in [1.807, 2.05) is 29.4 Å². The third-order valence-electron chi connectivity index (χ3n) is 3.38. The van der Waals surface area contributed by atoms with Gasteiger partial charge in [0.15, 0.2) is 0 Å². The van der Waals surface area contributed by atoms with Crippen LogP contribution in [0.1, 0.15) is 16.8 Å². The second-order valence-electron chi connectivity index (χ2n) is 4.73. The summed E-state index contributed by atoms with van der Waals surface area (Å²) in [5.41, 5.74) is 2.93. The Morgan fingerprint density at radius 3 is 2.57 bits per heavy atom. The lowest BCUT2D eigenvalue weighted by molar-refractivity contribution is 0.0697. The number of anilines is 1. The van der Waals surface area contributed by atoms with Crippen LogP contribution >= 0.6 is 11.6 Å². The van der Waals surface area contributed by atoms with E-state index in [1.165, 1.54) is 0 Å². The van der Waals surface area contributed by atoms with Crippen LogP contribution in [0.15, 0.2) is 47.6 Å². The lowest BCUT2D eigenvalue weighted by atomic mass is 10.0. The predicted molar refractivity (Wildman–Crippen MR) is 84.3 cm³/mol. The SMILES string of the molecule is O=C(O)c1ccc(-c2c(Cl)cccc2N2CCC=N2)cc1. The zero-order valence-electron chi connectivity index (χ0n) is 11.2. The smallest absolute Gasteiger partial charge is 0.335 e. The number of hydrogen-bond donors (Lipinski definition) is 1. The Morgan fingerprint density at radius 2 is 1.95 bits per heavy atom. The summed E-state index contributed by atoms with van der Waals surface area (Å²) < 4.78 is 0. The molecule has 1 aliphatic heterocycles. The fourth-order valence-corrected chi connectivity index (χ4v) is 2.65. The first-order valence-corrected chi connectivity index (χ1v) is 6.97. The highest BCUT2D eigenvalue weighted by atomic mass is 35.5. The Labute approximate surface area is 127 Å². The Hall–Kier alpha value is -2.33. The maximum Gasteiger partial charge on any atom is 0.335 e. The normalized spacial score (nSPS) is 13.7. The molecule has 4 nitrogen and oxygen atoms in total. The van der Waals surface area contributed by atoms with Gasteiger partial charge < -0.3 is 5.11 Å². The van der Waals surface area contributed by atoms with E-state index in [4.69, 9.17) is 16.7 Å². The number of hydrogen-bond acceptors (Lipinski definition) is 3. The van der Waals surface area contributed by atoms with Gasteiger partial charge in [-0.2, -0.15) is 5.10 Å². The van der Waals surface area contributed by atoms with Crippen LogP contribution in [0, 0.1) is 0 Å². The van der Waals surface area contributed by atoms with E-state index in [1.54, 1.807) is 24.3 Å². The molecule has 1 N–H and O–H groups in total. The molecule has 5 heteroatoms. The van der Waals surface area contributed by atoms with Gasteiger partial charge in [0.25, 0.3) is 0 Å². The monoisotopic (exact) mass is 300 g/mol. The summed E-state index contributed by atoms with van der Waals surface area (Å²) in [6.45, 7) is 0.820. The Morgan fingerprint density at radius 1 is 1.19 bits per heavy atom. The average Bonchev–Trinajstić information content (AvgIpc) is 3.01. The van der Waals surface area contributed by atoms with Gasteiger partial charge in [-0.05, 0) is 29.8 Å². The second kappa shape index (κ2) is 5.58. The summed E-state index contributed by atoms with van der Waals surface area (Å²) in [4.78, 5) is 10.9. The van der Waals surface area contributed by atoms with Crippen molar-refractivity contribution in [2.45, 2.75) is 6.42 Å². The summed E-state index contributed by atoms with van der Waals surface area (Å²) in [5.74, 6) is -0.940. The minimum Gasteiger partial charge on any atom is -0.478 e. The molecule has 0 saturated carbocycles. The summed E-state index contributed by atoms with van der Waals surface area (Å²) >= 11 is 6.35. The first kappa shape index (κ1) is 13.6. The number of carbonyl (C=O) groups is 1. The molecule has 0 amide bonds. The first-order valence-electron chi connectivity index (χ1n) is 6.59. The number of rotatable bonds is 3. The standard InChI is InChI=1S/C16H13ClN2O2/c17-13-3-1-4-14(19-10-2-9-18-19)15(13)11-5-7-12(8-6-11)16(20)21/h1,3-9H,2,10H2,(H,20,21). The minimum atomic E-state index is -0.940. The van der Waals surface area contributed by atoms with E-state index >= 15 is 0 Å². The fraction of sp³-hybridized carbons (Fsp3) is 0.125. The van der Waals surface area contributed by atoms with Crippen molar-refractivity contribution in [3.8, 4) is 11.1 Å². The third kappa shape index (κ3) is 2.62. The molecule has 0 aromatic heterocycles. The van der Waals surface area contributed by atoms with Crippen LogP contribution in [-0.4, -0.2) is 23.8 Å². The average molecular weight is 301 g/mol. The van der Waals surface area contributed by atoms with Crippen LogP contribution < -0.4 is 5.01 Å². The highest BCUT2D eigenvalue weighted by Crippen LogP contribution is 2.37. The Bertz CT molecular complexity index is 711. The molecule has 3 rings (SSSR count). The molecule has 0 bridgehead atoms. The van der Waals surface area contributed by atoms with Crippen molar-refractivity contribution in [3.05, 3.63) is 53.1 Å². The van der Waals surface area contributed by atoms with Gasteiger partial charge in [0.1, 0.15) is 0 Å². The summed E-state index contributed by atoms with van der Waals surface area (Å²) in [6, 6.07) is 12.4. The van der Waals surface area contributed by atoms with Gasteiger partial charge >= 0.3 is 5.97 Å². The number of nitrogens with zero attached hydrogens (tertiary/aromatic N) is 2. The van der Waals surface area contributed by atoms with Crippen molar-refractivity contribution in [2.75, 3.05) is 11.6 Å². The maximum absolute atomic E-state index is 10.9. The van der Waals surface area contributed by atoms with Gasteiger partial charge in [0.2, 0.25) is 0 Å². The summed E-state index contributed by atoms with van der Waals surface area (Å²) in [6.07, 6.45) is 2.78. The van der Waals surface area contributed by atoms with Crippen LogP contribution in [0.25, 0.3) is 11.1 Å². The highest BCUT2D eigenvalue weighted by Gasteiger charge is 2.17. The van der Waals surface area contributed by atoms with Crippen molar-refractivity contribution in [1.29, 1.82) is 0 Å². The first-order chi connectivity index (χ1) is 10.2. The lowest BCUT2D eigenvalue weighted by Crippen LogP contribution is -2.13. The molecule has 2 aromatic rings. The molecule has 0 unspecified atom stereocenters. The van der Waals surface area contributed by atoms with Crippen LogP contribution in [0.5, 0.6) is 0 Å². The Balaban J connectivity index is 2.08. The molecule has 106 valence electrons. The largest absolute Gasteiger partial charge is 0.478 e. The van der Waals surface area contributed by atoms with E-state index in [2.05, 4.69) is 5.10 Å². The van der Waals surface area contributed by atoms with Crippen molar-refractivity contribution < 1.29 is 9.90 Å². The predicted octanol–water partition coefficient (Wildman–Crippen LogP) is 3.90. The van der Waals surface area contributed by atoms with Gasteiger partial charge in [0.05, 0.1) is 16.3 Å². The number of benzene rings is 2. The molecule has 0 fully saturated rings. The van der Waals surface area contributed by atoms with Crippen molar-refractivity contribution in [2.24, 2.45) is 5.10 Å². The topological polar surface area (TPSA) is 52.9 Å². The molecule has 0 saturated heterocycles. The van der Waals surface area contributed by atoms with Gasteiger partial charge in [-0.25, -0.2) is 4.79 Å². The van der Waals surface area contributed by atoms with Crippen LogP contribution in [0.3, 0.4) is 0 Å². The van der Waals surface area contributed by atoms with Crippen molar-refractivity contribution >= 4 is 29.5 Å². The van der Waals surface area contributed by atoms with Crippen molar-refractivity contribution in [1.82, 2.24) is 0 Å². The molecule has 1 heterocycles.